The number of aliphatic hydroxyl groups is 3. The van der Waals surface area contributed by atoms with Crippen LogP contribution < -0.4 is 11.0 Å². The maximum atomic E-state index is 11.7. The summed E-state index contributed by atoms with van der Waals surface area (Å²) in [6.45, 7) is 7.81. The normalized spacial score (nSPS) is 25.7. The number of aromatic nitrogens is 2. The molecule has 1 saturated heterocycles. The molecule has 0 radical (unpaired) electrons. The Labute approximate surface area is 136 Å². The minimum Gasteiger partial charge on any atom is -0.394 e. The molecule has 0 saturated carbocycles. The zero-order valence-electron chi connectivity index (χ0n) is 14.4. The third-order valence-electron chi connectivity index (χ3n) is 2.88. The first kappa shape index (κ1) is 21.5. The SMILES string of the molecule is CC.CCC.CNc1ccn([C@@H]2O[C@H](CO)[C@@H](O)[C@@H]2O)c(=O)n1. The van der Waals surface area contributed by atoms with E-state index in [2.05, 4.69) is 24.1 Å². The Morgan fingerprint density at radius 1 is 1.30 bits per heavy atom. The smallest absolute Gasteiger partial charge is 0.351 e. The third-order valence-corrected chi connectivity index (χ3v) is 2.88. The summed E-state index contributed by atoms with van der Waals surface area (Å²) >= 11 is 0. The quantitative estimate of drug-likeness (QED) is 0.631. The maximum absolute atomic E-state index is 11.7. The Balaban J connectivity index is 0.000000868. The van der Waals surface area contributed by atoms with Crippen molar-refractivity contribution >= 4 is 5.82 Å². The van der Waals surface area contributed by atoms with E-state index in [1.165, 1.54) is 18.7 Å². The lowest BCUT2D eigenvalue weighted by atomic mass is 10.1. The zero-order chi connectivity index (χ0) is 18.0. The van der Waals surface area contributed by atoms with Crippen LogP contribution in [0.3, 0.4) is 0 Å². The Morgan fingerprint density at radius 2 is 1.87 bits per heavy atom. The first-order chi connectivity index (χ1) is 11.0. The van der Waals surface area contributed by atoms with E-state index in [1.807, 2.05) is 13.8 Å². The second-order valence-electron chi connectivity index (χ2n) is 4.69. The van der Waals surface area contributed by atoms with E-state index in [0.29, 0.717) is 5.82 Å². The van der Waals surface area contributed by atoms with Crippen LogP contribution in [0.25, 0.3) is 0 Å². The molecule has 0 aromatic carbocycles. The van der Waals surface area contributed by atoms with Gasteiger partial charge in [-0.2, -0.15) is 4.98 Å². The summed E-state index contributed by atoms with van der Waals surface area (Å²) in [6.07, 6.45) is -1.84. The number of hydrogen-bond donors (Lipinski definition) is 4. The van der Waals surface area contributed by atoms with Crippen molar-refractivity contribution in [1.29, 1.82) is 0 Å². The number of aliphatic hydroxyl groups excluding tert-OH is 3. The van der Waals surface area contributed by atoms with Crippen LogP contribution in [0.1, 0.15) is 40.3 Å². The van der Waals surface area contributed by atoms with Crippen molar-refractivity contribution in [2.75, 3.05) is 19.0 Å². The van der Waals surface area contributed by atoms with Crippen molar-refractivity contribution < 1.29 is 20.1 Å². The van der Waals surface area contributed by atoms with Gasteiger partial charge in [0.2, 0.25) is 0 Å². The zero-order valence-corrected chi connectivity index (χ0v) is 14.4. The molecule has 1 aromatic rings. The van der Waals surface area contributed by atoms with E-state index in [1.54, 1.807) is 7.05 Å². The molecule has 4 atom stereocenters. The van der Waals surface area contributed by atoms with Crippen molar-refractivity contribution in [3.8, 4) is 0 Å². The van der Waals surface area contributed by atoms with Crippen LogP contribution in [0, 0.1) is 0 Å². The molecule has 0 unspecified atom stereocenters. The molecule has 23 heavy (non-hydrogen) atoms. The van der Waals surface area contributed by atoms with Crippen LogP contribution in [-0.2, 0) is 4.74 Å². The molecular weight excluding hydrogens is 302 g/mol. The lowest BCUT2D eigenvalue weighted by Gasteiger charge is -2.17. The predicted molar refractivity (Wildman–Crippen MR) is 88.4 cm³/mol. The van der Waals surface area contributed by atoms with Crippen molar-refractivity contribution in [2.45, 2.75) is 58.7 Å². The van der Waals surface area contributed by atoms with Gasteiger partial charge in [-0.3, -0.25) is 4.57 Å². The molecule has 2 rings (SSSR count). The number of nitrogens with zero attached hydrogens (tertiary/aromatic N) is 2. The van der Waals surface area contributed by atoms with Crippen LogP contribution in [0.15, 0.2) is 17.1 Å². The first-order valence-corrected chi connectivity index (χ1v) is 7.89. The average Bonchev–Trinajstić information content (AvgIpc) is 2.85. The second-order valence-corrected chi connectivity index (χ2v) is 4.69. The lowest BCUT2D eigenvalue weighted by molar-refractivity contribution is -0.0549. The van der Waals surface area contributed by atoms with Crippen LogP contribution in [0.5, 0.6) is 0 Å². The van der Waals surface area contributed by atoms with Gasteiger partial charge in [0, 0.05) is 13.2 Å². The Kier molecular flexibility index (Phi) is 10.4. The molecule has 8 nitrogen and oxygen atoms in total. The maximum Gasteiger partial charge on any atom is 0.351 e. The molecule has 134 valence electrons. The summed E-state index contributed by atoms with van der Waals surface area (Å²) in [4.78, 5) is 15.4. The minimum atomic E-state index is -1.29. The second kappa shape index (κ2) is 11.1. The Bertz CT molecular complexity index is 494. The molecule has 0 amide bonds. The summed E-state index contributed by atoms with van der Waals surface area (Å²) in [5.41, 5.74) is -0.614. The summed E-state index contributed by atoms with van der Waals surface area (Å²) in [5, 5.41) is 31.0. The van der Waals surface area contributed by atoms with Crippen LogP contribution in [0.4, 0.5) is 5.82 Å². The van der Waals surface area contributed by atoms with Gasteiger partial charge in [-0.15, -0.1) is 0 Å². The fourth-order valence-electron chi connectivity index (χ4n) is 1.86. The van der Waals surface area contributed by atoms with Crippen molar-refractivity contribution in [3.05, 3.63) is 22.7 Å². The van der Waals surface area contributed by atoms with E-state index in [0.717, 1.165) is 4.57 Å². The van der Waals surface area contributed by atoms with E-state index in [-0.39, 0.29) is 0 Å². The van der Waals surface area contributed by atoms with Gasteiger partial charge in [0.1, 0.15) is 24.1 Å². The van der Waals surface area contributed by atoms with E-state index < -0.39 is 36.8 Å². The molecule has 1 fully saturated rings. The predicted octanol–water partition coefficient (Wildman–Crippen LogP) is 0.339. The summed E-state index contributed by atoms with van der Waals surface area (Å²) in [6, 6.07) is 1.54. The molecule has 2 heterocycles. The fourth-order valence-corrected chi connectivity index (χ4v) is 1.86. The van der Waals surface area contributed by atoms with Crippen molar-refractivity contribution in [3.63, 3.8) is 0 Å². The summed E-state index contributed by atoms with van der Waals surface area (Å²) < 4.78 is 6.30. The van der Waals surface area contributed by atoms with E-state index >= 15 is 0 Å². The molecule has 1 aliphatic rings. The van der Waals surface area contributed by atoms with Crippen LogP contribution in [0.2, 0.25) is 0 Å². The van der Waals surface area contributed by atoms with Gasteiger partial charge in [-0.1, -0.05) is 34.1 Å². The molecule has 1 aliphatic heterocycles. The highest BCUT2D eigenvalue weighted by Gasteiger charge is 2.43. The standard InChI is InChI=1S/C10H15N3O5.C3H8.C2H6/c1-11-6-2-3-13(10(17)12-6)9-8(16)7(15)5(4-14)18-9;1-3-2;1-2/h2-3,5,7-9,14-16H,4H2,1H3,(H,11,12,17);3H2,1-2H3;1-2H3/t5-,7-,8+,9-;;/m1../s1. The Hall–Kier alpha value is -1.48. The number of hydrogen-bond acceptors (Lipinski definition) is 7. The molecule has 0 aliphatic carbocycles. The number of anilines is 1. The van der Waals surface area contributed by atoms with Gasteiger partial charge in [0.05, 0.1) is 6.61 Å². The first-order valence-electron chi connectivity index (χ1n) is 7.89. The van der Waals surface area contributed by atoms with Crippen LogP contribution >= 0.6 is 0 Å². The van der Waals surface area contributed by atoms with Gasteiger partial charge >= 0.3 is 5.69 Å². The van der Waals surface area contributed by atoms with Gasteiger partial charge < -0.3 is 25.4 Å². The van der Waals surface area contributed by atoms with Gasteiger partial charge in [0.15, 0.2) is 6.23 Å². The minimum absolute atomic E-state index is 0.392. The molecule has 4 N–H and O–H groups in total. The number of ether oxygens (including phenoxy) is 1. The number of nitrogens with one attached hydrogen (secondary N) is 1. The fraction of sp³-hybridized carbons (Fsp3) is 0.733. The summed E-state index contributed by atoms with van der Waals surface area (Å²) in [7, 11) is 1.62. The monoisotopic (exact) mass is 331 g/mol. The van der Waals surface area contributed by atoms with Gasteiger partial charge in [-0.05, 0) is 6.07 Å². The van der Waals surface area contributed by atoms with E-state index in [9.17, 15) is 15.0 Å². The topological polar surface area (TPSA) is 117 Å². The molecule has 0 spiro atoms. The van der Waals surface area contributed by atoms with Crippen LogP contribution in [-0.4, -0.2) is 56.8 Å². The summed E-state index contributed by atoms with van der Waals surface area (Å²) in [5.74, 6) is 0.392. The highest BCUT2D eigenvalue weighted by atomic mass is 16.6. The third kappa shape index (κ3) is 5.58. The highest BCUT2D eigenvalue weighted by molar-refractivity contribution is 5.30. The largest absolute Gasteiger partial charge is 0.394 e. The lowest BCUT2D eigenvalue weighted by Crippen LogP contribution is -2.36. The highest BCUT2D eigenvalue weighted by Crippen LogP contribution is 2.27. The molecule has 0 bridgehead atoms. The van der Waals surface area contributed by atoms with E-state index in [4.69, 9.17) is 9.84 Å². The average molecular weight is 331 g/mol. The molecule has 1 aromatic heterocycles. The Morgan fingerprint density at radius 3 is 2.26 bits per heavy atom. The number of rotatable bonds is 3. The van der Waals surface area contributed by atoms with Gasteiger partial charge in [0.25, 0.3) is 0 Å². The van der Waals surface area contributed by atoms with Crippen molar-refractivity contribution in [1.82, 2.24) is 9.55 Å². The molecule has 8 heteroatoms. The molecular formula is C15H29N3O5. The van der Waals surface area contributed by atoms with Gasteiger partial charge in [-0.25, -0.2) is 4.79 Å². The van der Waals surface area contributed by atoms with Crippen molar-refractivity contribution in [2.24, 2.45) is 0 Å².